The Kier molecular flexibility index (Phi) is 6.11. The van der Waals surface area contributed by atoms with E-state index in [0.29, 0.717) is 5.75 Å². The highest BCUT2D eigenvalue weighted by Crippen LogP contribution is 2.21. The second-order valence-electron chi connectivity index (χ2n) is 4.21. The molecule has 108 valence electrons. The van der Waals surface area contributed by atoms with Gasteiger partial charge in [0.25, 0.3) is 0 Å². The van der Waals surface area contributed by atoms with Crippen molar-refractivity contribution >= 4 is 33.4 Å². The van der Waals surface area contributed by atoms with Crippen LogP contribution < -0.4 is 0 Å². The molecule has 1 rings (SSSR count). The van der Waals surface area contributed by atoms with Crippen molar-refractivity contribution in [3.8, 4) is 0 Å². The fourth-order valence-electron chi connectivity index (χ4n) is 1.56. The Morgan fingerprint density at radius 3 is 2.63 bits per heavy atom. The van der Waals surface area contributed by atoms with Crippen molar-refractivity contribution in [3.63, 3.8) is 0 Å². The van der Waals surface area contributed by atoms with Gasteiger partial charge in [0.2, 0.25) is 10.0 Å². The largest absolute Gasteiger partial charge is 0.243 e. The van der Waals surface area contributed by atoms with Crippen molar-refractivity contribution in [3.05, 3.63) is 29.6 Å². The number of hydrogen-bond donors (Lipinski definition) is 0. The number of thioether (sulfide) groups is 1. The lowest BCUT2D eigenvalue weighted by molar-refractivity contribution is 0.415. The maximum absolute atomic E-state index is 13.3. The normalized spacial score (nSPS) is 13.8. The zero-order chi connectivity index (χ0) is 14.6. The van der Waals surface area contributed by atoms with E-state index in [0.717, 1.165) is 6.07 Å². The third-order valence-corrected chi connectivity index (χ3v) is 5.94. The predicted molar refractivity (Wildman–Crippen MR) is 78.7 cm³/mol. The standard InChI is InChI=1S/C12H17ClFNO2S2/c1-9(8-18-3)15(2)19(16,17)11-4-5-12(14)10(6-11)7-13/h4-6,9H,7-8H2,1-3H3. The first-order valence-corrected chi connectivity index (χ1v) is 9.02. The monoisotopic (exact) mass is 325 g/mol. The van der Waals surface area contributed by atoms with E-state index in [4.69, 9.17) is 11.6 Å². The maximum Gasteiger partial charge on any atom is 0.243 e. The summed E-state index contributed by atoms with van der Waals surface area (Å²) < 4.78 is 39.4. The number of hydrogen-bond acceptors (Lipinski definition) is 3. The Hall–Kier alpha value is -0.300. The van der Waals surface area contributed by atoms with E-state index in [9.17, 15) is 12.8 Å². The lowest BCUT2D eigenvalue weighted by Crippen LogP contribution is -2.36. The molecular weight excluding hydrogens is 309 g/mol. The summed E-state index contributed by atoms with van der Waals surface area (Å²) >= 11 is 7.17. The van der Waals surface area contributed by atoms with Crippen LogP contribution in [-0.2, 0) is 15.9 Å². The fourth-order valence-corrected chi connectivity index (χ4v) is 3.98. The van der Waals surface area contributed by atoms with Crippen LogP contribution in [0.5, 0.6) is 0 Å². The number of benzene rings is 1. The van der Waals surface area contributed by atoms with E-state index in [1.165, 1.54) is 23.5 Å². The summed E-state index contributed by atoms with van der Waals surface area (Å²) in [5.74, 6) is 0.146. The van der Waals surface area contributed by atoms with E-state index in [-0.39, 0.29) is 22.4 Å². The molecule has 0 saturated heterocycles. The first kappa shape index (κ1) is 16.8. The van der Waals surface area contributed by atoms with Crippen LogP contribution in [0.4, 0.5) is 4.39 Å². The fraction of sp³-hybridized carbons (Fsp3) is 0.500. The SMILES string of the molecule is CSCC(C)N(C)S(=O)(=O)c1ccc(F)c(CCl)c1. The molecule has 0 spiro atoms. The van der Waals surface area contributed by atoms with E-state index in [1.807, 2.05) is 13.2 Å². The Bertz CT molecular complexity index is 537. The summed E-state index contributed by atoms with van der Waals surface area (Å²) in [5, 5.41) is 0. The molecule has 0 aliphatic rings. The average Bonchev–Trinajstić information content (AvgIpc) is 2.38. The van der Waals surface area contributed by atoms with E-state index >= 15 is 0 Å². The van der Waals surface area contributed by atoms with E-state index < -0.39 is 15.8 Å². The van der Waals surface area contributed by atoms with Crippen molar-refractivity contribution in [1.29, 1.82) is 0 Å². The van der Waals surface area contributed by atoms with Gasteiger partial charge in [0.1, 0.15) is 5.82 Å². The minimum atomic E-state index is -3.62. The van der Waals surface area contributed by atoms with Gasteiger partial charge in [-0.2, -0.15) is 16.1 Å². The van der Waals surface area contributed by atoms with Gasteiger partial charge < -0.3 is 0 Å². The molecule has 1 aromatic carbocycles. The zero-order valence-electron chi connectivity index (χ0n) is 11.1. The van der Waals surface area contributed by atoms with Crippen LogP contribution >= 0.6 is 23.4 Å². The molecule has 7 heteroatoms. The number of nitrogens with zero attached hydrogens (tertiary/aromatic N) is 1. The molecule has 0 heterocycles. The Morgan fingerprint density at radius 2 is 2.11 bits per heavy atom. The molecule has 0 aliphatic heterocycles. The Morgan fingerprint density at radius 1 is 1.47 bits per heavy atom. The molecule has 0 N–H and O–H groups in total. The number of alkyl halides is 1. The molecule has 0 saturated carbocycles. The first-order chi connectivity index (χ1) is 8.84. The Balaban J connectivity index is 3.13. The molecule has 1 aromatic rings. The summed E-state index contributed by atoms with van der Waals surface area (Å²) in [6.45, 7) is 1.83. The van der Waals surface area contributed by atoms with Crippen LogP contribution in [0.2, 0.25) is 0 Å². The maximum atomic E-state index is 13.3. The number of halogens is 2. The van der Waals surface area contributed by atoms with Crippen molar-refractivity contribution in [2.24, 2.45) is 0 Å². The van der Waals surface area contributed by atoms with Crippen LogP contribution in [0.1, 0.15) is 12.5 Å². The molecule has 0 radical (unpaired) electrons. The highest BCUT2D eigenvalue weighted by molar-refractivity contribution is 7.98. The molecular formula is C12H17ClFNO2S2. The second kappa shape index (κ2) is 6.92. The van der Waals surface area contributed by atoms with Crippen LogP contribution in [0.15, 0.2) is 23.1 Å². The predicted octanol–water partition coefficient (Wildman–Crippen LogP) is 2.94. The van der Waals surface area contributed by atoms with Crippen LogP contribution in [0.3, 0.4) is 0 Å². The first-order valence-electron chi connectivity index (χ1n) is 5.66. The summed E-state index contributed by atoms with van der Waals surface area (Å²) in [7, 11) is -2.09. The number of rotatable bonds is 6. The van der Waals surface area contributed by atoms with E-state index in [2.05, 4.69) is 0 Å². The van der Waals surface area contributed by atoms with Crippen molar-refractivity contribution in [1.82, 2.24) is 4.31 Å². The van der Waals surface area contributed by atoms with Crippen LogP contribution in [0.25, 0.3) is 0 Å². The molecule has 0 amide bonds. The van der Waals surface area contributed by atoms with Crippen LogP contribution in [-0.4, -0.2) is 37.8 Å². The second-order valence-corrected chi connectivity index (χ2v) is 7.39. The lowest BCUT2D eigenvalue weighted by Gasteiger charge is -2.23. The topological polar surface area (TPSA) is 37.4 Å². The highest BCUT2D eigenvalue weighted by Gasteiger charge is 2.25. The van der Waals surface area contributed by atoms with Gasteiger partial charge in [0.05, 0.1) is 10.8 Å². The molecule has 1 atom stereocenters. The Labute approximate surface area is 123 Å². The summed E-state index contributed by atoms with van der Waals surface area (Å²) in [4.78, 5) is 0.0694. The molecule has 3 nitrogen and oxygen atoms in total. The minimum Gasteiger partial charge on any atom is -0.207 e. The van der Waals surface area contributed by atoms with Crippen LogP contribution in [0, 0.1) is 5.82 Å². The van der Waals surface area contributed by atoms with Gasteiger partial charge >= 0.3 is 0 Å². The van der Waals surface area contributed by atoms with Gasteiger partial charge in [0.15, 0.2) is 0 Å². The molecule has 0 aromatic heterocycles. The lowest BCUT2D eigenvalue weighted by atomic mass is 10.2. The summed E-state index contributed by atoms with van der Waals surface area (Å²) in [6, 6.07) is 3.56. The smallest absolute Gasteiger partial charge is 0.207 e. The molecule has 19 heavy (non-hydrogen) atoms. The highest BCUT2D eigenvalue weighted by atomic mass is 35.5. The molecule has 0 fully saturated rings. The third-order valence-electron chi connectivity index (χ3n) is 2.87. The molecule has 0 bridgehead atoms. The average molecular weight is 326 g/mol. The van der Waals surface area contributed by atoms with Gasteiger partial charge in [-0.15, -0.1) is 11.6 Å². The summed E-state index contributed by atoms with van der Waals surface area (Å²) in [6.07, 6.45) is 1.92. The number of sulfonamides is 1. The minimum absolute atomic E-state index is 0.0563. The van der Waals surface area contributed by atoms with Gasteiger partial charge in [-0.25, -0.2) is 12.8 Å². The third kappa shape index (κ3) is 3.84. The summed E-state index contributed by atoms with van der Waals surface area (Å²) in [5.41, 5.74) is 0.189. The zero-order valence-corrected chi connectivity index (χ0v) is 13.4. The van der Waals surface area contributed by atoms with Crippen molar-refractivity contribution < 1.29 is 12.8 Å². The van der Waals surface area contributed by atoms with Gasteiger partial charge in [-0.3, -0.25) is 0 Å². The van der Waals surface area contributed by atoms with Gasteiger partial charge in [-0.05, 0) is 31.4 Å². The molecule has 0 aliphatic carbocycles. The van der Waals surface area contributed by atoms with Crippen molar-refractivity contribution in [2.75, 3.05) is 19.1 Å². The quantitative estimate of drug-likeness (QED) is 0.755. The van der Waals surface area contributed by atoms with Gasteiger partial charge in [0, 0.05) is 24.4 Å². The molecule has 1 unspecified atom stereocenters. The van der Waals surface area contributed by atoms with E-state index in [1.54, 1.807) is 11.8 Å². The van der Waals surface area contributed by atoms with Crippen molar-refractivity contribution in [2.45, 2.75) is 23.7 Å². The van der Waals surface area contributed by atoms with Gasteiger partial charge in [-0.1, -0.05) is 0 Å².